The summed E-state index contributed by atoms with van der Waals surface area (Å²) in [6.07, 6.45) is 2.32. The molecule has 2 N–H and O–H groups in total. The number of carbonyl (C=O) groups is 1. The molecule has 29 heavy (non-hydrogen) atoms. The van der Waals surface area contributed by atoms with Crippen molar-refractivity contribution < 1.29 is 32.1 Å². The van der Waals surface area contributed by atoms with Gasteiger partial charge in [-0.05, 0) is 6.08 Å². The highest BCUT2D eigenvalue weighted by atomic mass is 32.2. The van der Waals surface area contributed by atoms with Gasteiger partial charge in [0, 0.05) is 18.4 Å². The molecule has 1 unspecified atom stereocenters. The van der Waals surface area contributed by atoms with E-state index >= 15 is 0 Å². The zero-order valence-corrected chi connectivity index (χ0v) is 18.0. The van der Waals surface area contributed by atoms with Gasteiger partial charge < -0.3 is 10.5 Å². The highest BCUT2D eigenvalue weighted by Crippen LogP contribution is 2.49. The van der Waals surface area contributed by atoms with Gasteiger partial charge in [0.15, 0.2) is 23.0 Å². The molecule has 0 spiro atoms. The maximum absolute atomic E-state index is 13.6. The van der Waals surface area contributed by atoms with E-state index in [1.807, 2.05) is 0 Å². The molecule has 0 saturated heterocycles. The summed E-state index contributed by atoms with van der Waals surface area (Å²) in [6, 6.07) is 0. The van der Waals surface area contributed by atoms with E-state index in [1.54, 1.807) is 6.08 Å². The van der Waals surface area contributed by atoms with Crippen molar-refractivity contribution >= 4 is 43.1 Å². The van der Waals surface area contributed by atoms with Gasteiger partial charge in [-0.2, -0.15) is 17.6 Å². The molecule has 1 aromatic heterocycles. The summed E-state index contributed by atoms with van der Waals surface area (Å²) in [5, 5.41) is -0.0972. The Hall–Kier alpha value is -1.21. The minimum Gasteiger partial charge on any atom is -0.381 e. The van der Waals surface area contributed by atoms with Crippen LogP contribution in [0.3, 0.4) is 0 Å². The lowest BCUT2D eigenvalue weighted by molar-refractivity contribution is -0.109. The molecule has 0 bridgehead atoms. The summed E-state index contributed by atoms with van der Waals surface area (Å²) >= 11 is 5.00. The fourth-order valence-electron chi connectivity index (χ4n) is 2.15. The molecule has 2 rings (SSSR count). The van der Waals surface area contributed by atoms with Crippen molar-refractivity contribution in [3.8, 4) is 0 Å². The van der Waals surface area contributed by atoms with E-state index in [9.17, 15) is 18.5 Å². The van der Waals surface area contributed by atoms with Crippen molar-refractivity contribution in [1.82, 2.24) is 9.55 Å². The lowest BCUT2D eigenvalue weighted by atomic mass is 10.4. The molecule has 0 amide bonds. The van der Waals surface area contributed by atoms with Crippen LogP contribution in [0.25, 0.3) is 0 Å². The smallest absolute Gasteiger partial charge is 0.381 e. The number of anilines is 1. The van der Waals surface area contributed by atoms with Crippen LogP contribution in [0.5, 0.6) is 0 Å². The molecule has 0 fully saturated rings. The molecular formula is C15H21FN3O7PS2. The van der Waals surface area contributed by atoms with Crippen LogP contribution in [0.4, 0.5) is 10.2 Å². The largest absolute Gasteiger partial charge is 0.474 e. The van der Waals surface area contributed by atoms with Crippen molar-refractivity contribution in [2.75, 3.05) is 37.1 Å². The number of phosphoric ester groups is 1. The number of nitrogen functional groups attached to an aromatic ring is 1. The van der Waals surface area contributed by atoms with Gasteiger partial charge in [0.1, 0.15) is 6.10 Å². The molecule has 0 aliphatic carbocycles. The van der Waals surface area contributed by atoms with E-state index in [0.29, 0.717) is 5.75 Å². The van der Waals surface area contributed by atoms with Crippen molar-refractivity contribution in [3.05, 3.63) is 34.7 Å². The van der Waals surface area contributed by atoms with Crippen molar-refractivity contribution in [2.24, 2.45) is 0 Å². The fourth-order valence-corrected chi connectivity index (χ4v) is 4.14. The molecule has 1 aliphatic heterocycles. The Labute approximate surface area is 176 Å². The maximum atomic E-state index is 13.6. The summed E-state index contributed by atoms with van der Waals surface area (Å²) in [6.45, 7) is 1.20. The number of ether oxygens (including phenoxy) is 1. The maximum Gasteiger partial charge on any atom is 0.474 e. The first kappa shape index (κ1) is 24.1. The summed E-state index contributed by atoms with van der Waals surface area (Å²) in [4.78, 5) is 26.2. The first-order chi connectivity index (χ1) is 13.7. The number of thiol groups is 1. The van der Waals surface area contributed by atoms with Crippen LogP contribution < -0.4 is 11.4 Å². The van der Waals surface area contributed by atoms with Crippen LogP contribution in [0.15, 0.2) is 23.1 Å². The molecule has 2 heterocycles. The minimum absolute atomic E-state index is 0.0238. The molecule has 1 aromatic rings. The Morgan fingerprint density at radius 2 is 2.14 bits per heavy atom. The molecule has 0 aromatic carbocycles. The van der Waals surface area contributed by atoms with E-state index in [0.717, 1.165) is 22.5 Å². The number of hydrogen-bond acceptors (Lipinski definition) is 11. The second kappa shape index (κ2) is 11.3. The number of aromatic nitrogens is 2. The quantitative estimate of drug-likeness (QED) is 0.214. The highest BCUT2D eigenvalue weighted by Gasteiger charge is 2.30. The Bertz CT molecular complexity index is 854. The average molecular weight is 469 g/mol. The predicted octanol–water partition coefficient (Wildman–Crippen LogP) is 1.79. The normalized spacial score (nSPS) is 20.7. The number of hydrogen-bond donors (Lipinski definition) is 2. The highest BCUT2D eigenvalue weighted by molar-refractivity contribution is 8.13. The summed E-state index contributed by atoms with van der Waals surface area (Å²) in [5.74, 6) is -0.786. The van der Waals surface area contributed by atoms with E-state index < -0.39 is 37.5 Å². The molecule has 0 radical (unpaired) electrons. The van der Waals surface area contributed by atoms with Gasteiger partial charge in [0.05, 0.1) is 26.0 Å². The van der Waals surface area contributed by atoms with Crippen LogP contribution in [-0.4, -0.2) is 52.1 Å². The molecule has 3 atom stereocenters. The monoisotopic (exact) mass is 469 g/mol. The number of halogens is 1. The van der Waals surface area contributed by atoms with Crippen LogP contribution in [-0.2, 0) is 27.7 Å². The summed E-state index contributed by atoms with van der Waals surface area (Å²) in [5.41, 5.74) is 4.47. The topological polar surface area (TPSA) is 132 Å². The van der Waals surface area contributed by atoms with Gasteiger partial charge in [-0.25, -0.2) is 13.8 Å². The third-order valence-corrected chi connectivity index (χ3v) is 5.81. The van der Waals surface area contributed by atoms with Gasteiger partial charge in [-0.1, -0.05) is 17.8 Å². The van der Waals surface area contributed by atoms with Crippen molar-refractivity contribution in [1.29, 1.82) is 0 Å². The van der Waals surface area contributed by atoms with Gasteiger partial charge in [0.2, 0.25) is 0 Å². The van der Waals surface area contributed by atoms with Gasteiger partial charge in [-0.15, -0.1) is 0 Å². The lowest BCUT2D eigenvalue weighted by Gasteiger charge is -2.20. The van der Waals surface area contributed by atoms with Gasteiger partial charge >= 0.3 is 13.5 Å². The minimum atomic E-state index is -3.91. The summed E-state index contributed by atoms with van der Waals surface area (Å²) < 4.78 is 48.4. The molecule has 1 aliphatic rings. The van der Waals surface area contributed by atoms with Crippen LogP contribution in [0.2, 0.25) is 0 Å². The fraction of sp³-hybridized carbons (Fsp3) is 0.533. The molecule has 14 heteroatoms. The molecular weight excluding hydrogens is 448 g/mol. The number of nitrogens with zero attached hydrogens (tertiary/aromatic N) is 2. The van der Waals surface area contributed by atoms with E-state index in [4.69, 9.17) is 24.0 Å². The second-order valence-electron chi connectivity index (χ2n) is 5.59. The van der Waals surface area contributed by atoms with E-state index in [-0.39, 0.29) is 30.7 Å². The van der Waals surface area contributed by atoms with Gasteiger partial charge in [0.25, 0.3) is 0 Å². The van der Waals surface area contributed by atoms with Crippen LogP contribution >= 0.6 is 32.2 Å². The van der Waals surface area contributed by atoms with Crippen LogP contribution in [0.1, 0.15) is 13.2 Å². The second-order valence-corrected chi connectivity index (χ2v) is 8.98. The standard InChI is InChI=1S/C15H21FN3O7PS2/c1-10(20)29-7-5-24-27(22,23-4-6-28)25-9-11-2-3-13(26-11)19-8-12(16)14(17)18-15(19)21/h2-3,8,11,13,28H,4-7,9H2,1H3,(H2,17,18,21)/t11-,13+,27?/m1/s1. The number of nitrogens with two attached hydrogens (primary N) is 1. The van der Waals surface area contributed by atoms with Crippen LogP contribution in [0, 0.1) is 5.82 Å². The van der Waals surface area contributed by atoms with E-state index in [2.05, 4.69) is 17.6 Å². The summed E-state index contributed by atoms with van der Waals surface area (Å²) in [7, 11) is -3.91. The van der Waals surface area contributed by atoms with Gasteiger partial charge in [-0.3, -0.25) is 22.9 Å². The number of rotatable bonds is 11. The zero-order chi connectivity index (χ0) is 21.4. The molecule has 162 valence electrons. The number of phosphoric acid groups is 1. The SMILES string of the molecule is CC(=O)SCCOP(=O)(OCCS)OC[C@H]1C=C[C@@H](n2cc(F)c(N)nc2=O)O1. The number of thioether (sulfide) groups is 1. The first-order valence-electron chi connectivity index (χ1n) is 8.40. The molecule has 0 saturated carbocycles. The van der Waals surface area contributed by atoms with Crippen molar-refractivity contribution in [3.63, 3.8) is 0 Å². The third kappa shape index (κ3) is 7.52. The predicted molar refractivity (Wildman–Crippen MR) is 108 cm³/mol. The number of carbonyl (C=O) groups excluding carboxylic acids is 1. The Morgan fingerprint density at radius 1 is 1.41 bits per heavy atom. The third-order valence-electron chi connectivity index (χ3n) is 3.39. The first-order valence-corrected chi connectivity index (χ1v) is 11.5. The molecule has 10 nitrogen and oxygen atoms in total. The lowest BCUT2D eigenvalue weighted by Crippen LogP contribution is -2.29. The Kier molecular flexibility index (Phi) is 9.34. The van der Waals surface area contributed by atoms with E-state index in [1.165, 1.54) is 13.0 Å². The Balaban J connectivity index is 1.92. The zero-order valence-electron chi connectivity index (χ0n) is 15.4. The van der Waals surface area contributed by atoms with Crippen molar-refractivity contribution in [2.45, 2.75) is 19.3 Å². The Morgan fingerprint density at radius 3 is 2.83 bits per heavy atom. The average Bonchev–Trinajstić information content (AvgIpc) is 3.14.